The Morgan fingerprint density at radius 3 is 2.48 bits per heavy atom. The van der Waals surface area contributed by atoms with Gasteiger partial charge in [0.2, 0.25) is 0 Å². The molecule has 0 fully saturated rings. The van der Waals surface area contributed by atoms with Crippen molar-refractivity contribution in [1.29, 1.82) is 0 Å². The van der Waals surface area contributed by atoms with E-state index in [2.05, 4.69) is 5.32 Å². The number of nitrogens with one attached hydrogen (secondary N) is 1. The molecule has 23 heavy (non-hydrogen) atoms. The fourth-order valence-electron chi connectivity index (χ4n) is 2.11. The predicted molar refractivity (Wildman–Crippen MR) is 87.5 cm³/mol. The summed E-state index contributed by atoms with van der Waals surface area (Å²) < 4.78 is 5.16. The Kier molecular flexibility index (Phi) is 5.36. The van der Waals surface area contributed by atoms with Crippen molar-refractivity contribution in [2.45, 2.75) is 26.4 Å². The highest BCUT2D eigenvalue weighted by atomic mass is 16.5. The molecule has 0 saturated heterocycles. The van der Waals surface area contributed by atoms with Gasteiger partial charge in [0.05, 0.1) is 5.92 Å². The van der Waals surface area contributed by atoms with E-state index in [1.165, 1.54) is 0 Å². The lowest BCUT2D eigenvalue weighted by atomic mass is 9.99. The molecule has 0 heterocycles. The number of hydrogen-bond donors (Lipinski definition) is 2. The largest absolute Gasteiger partial charge is 0.481 e. The summed E-state index contributed by atoms with van der Waals surface area (Å²) in [6.45, 7) is 3.63. The zero-order chi connectivity index (χ0) is 16.8. The smallest absolute Gasteiger partial charge is 0.411 e. The summed E-state index contributed by atoms with van der Waals surface area (Å²) in [5, 5.41) is 11.7. The SMILES string of the molecule is Cc1cc(C(C)C(=O)O)ccc1NC(=O)OCc1ccccc1. The van der Waals surface area contributed by atoms with Gasteiger partial charge in [0.15, 0.2) is 0 Å². The number of carboxylic acid groups (broad SMARTS) is 1. The fourth-order valence-corrected chi connectivity index (χ4v) is 2.11. The molecule has 0 aliphatic heterocycles. The molecular formula is C18H19NO4. The second kappa shape index (κ2) is 7.45. The molecule has 0 aliphatic carbocycles. The van der Waals surface area contributed by atoms with Crippen molar-refractivity contribution in [3.8, 4) is 0 Å². The first-order valence-electron chi connectivity index (χ1n) is 7.28. The van der Waals surface area contributed by atoms with Crippen molar-refractivity contribution >= 4 is 17.7 Å². The number of anilines is 1. The number of aliphatic carboxylic acids is 1. The molecule has 1 unspecified atom stereocenters. The maximum absolute atomic E-state index is 11.8. The van der Waals surface area contributed by atoms with Gasteiger partial charge in [0.25, 0.3) is 0 Å². The van der Waals surface area contributed by atoms with Crippen LogP contribution in [-0.2, 0) is 16.1 Å². The van der Waals surface area contributed by atoms with Gasteiger partial charge < -0.3 is 9.84 Å². The van der Waals surface area contributed by atoms with Gasteiger partial charge in [0.1, 0.15) is 6.61 Å². The third-order valence-corrected chi connectivity index (χ3v) is 3.57. The zero-order valence-electron chi connectivity index (χ0n) is 13.1. The molecule has 0 radical (unpaired) electrons. The molecule has 5 heteroatoms. The normalized spacial score (nSPS) is 11.6. The monoisotopic (exact) mass is 313 g/mol. The summed E-state index contributed by atoms with van der Waals surface area (Å²) in [6, 6.07) is 14.5. The van der Waals surface area contributed by atoms with Gasteiger partial charge in [-0.1, -0.05) is 42.5 Å². The lowest BCUT2D eigenvalue weighted by Gasteiger charge is -2.12. The fraction of sp³-hybridized carbons (Fsp3) is 0.222. The van der Waals surface area contributed by atoms with Gasteiger partial charge in [-0.05, 0) is 36.6 Å². The van der Waals surface area contributed by atoms with Crippen LogP contribution in [0, 0.1) is 6.92 Å². The topological polar surface area (TPSA) is 75.6 Å². The first kappa shape index (κ1) is 16.5. The quantitative estimate of drug-likeness (QED) is 0.877. The van der Waals surface area contributed by atoms with Gasteiger partial charge in [0, 0.05) is 5.69 Å². The van der Waals surface area contributed by atoms with Gasteiger partial charge in [-0.15, -0.1) is 0 Å². The number of aryl methyl sites for hydroxylation is 1. The predicted octanol–water partition coefficient (Wildman–Crippen LogP) is 3.93. The van der Waals surface area contributed by atoms with Gasteiger partial charge in [-0.25, -0.2) is 4.79 Å². The van der Waals surface area contributed by atoms with E-state index in [1.807, 2.05) is 37.3 Å². The molecule has 1 amide bonds. The molecule has 2 aromatic carbocycles. The summed E-state index contributed by atoms with van der Waals surface area (Å²) in [6.07, 6.45) is -0.545. The van der Waals surface area contributed by atoms with Crippen molar-refractivity contribution in [3.05, 3.63) is 65.2 Å². The minimum atomic E-state index is -0.882. The van der Waals surface area contributed by atoms with Crippen LogP contribution in [0.1, 0.15) is 29.5 Å². The Hall–Kier alpha value is -2.82. The number of benzene rings is 2. The maximum Gasteiger partial charge on any atom is 0.411 e. The second-order valence-corrected chi connectivity index (χ2v) is 5.32. The first-order chi connectivity index (χ1) is 11.0. The number of rotatable bonds is 5. The maximum atomic E-state index is 11.8. The van der Waals surface area contributed by atoms with E-state index in [9.17, 15) is 9.59 Å². The Labute approximate surface area is 134 Å². The molecule has 2 N–H and O–H groups in total. The average Bonchev–Trinajstić information content (AvgIpc) is 2.55. The van der Waals surface area contributed by atoms with E-state index in [0.29, 0.717) is 11.3 Å². The van der Waals surface area contributed by atoms with Crippen molar-refractivity contribution in [1.82, 2.24) is 0 Å². The molecule has 1 atom stereocenters. The van der Waals surface area contributed by atoms with Crippen LogP contribution in [-0.4, -0.2) is 17.2 Å². The Morgan fingerprint density at radius 2 is 1.87 bits per heavy atom. The highest BCUT2D eigenvalue weighted by Gasteiger charge is 2.15. The second-order valence-electron chi connectivity index (χ2n) is 5.32. The zero-order valence-corrected chi connectivity index (χ0v) is 13.1. The summed E-state index contributed by atoms with van der Waals surface area (Å²) in [5.41, 5.74) is 2.99. The molecule has 2 aromatic rings. The average molecular weight is 313 g/mol. The van der Waals surface area contributed by atoms with E-state index < -0.39 is 18.0 Å². The Bertz CT molecular complexity index is 697. The molecule has 0 spiro atoms. The number of carboxylic acids is 1. The lowest BCUT2D eigenvalue weighted by molar-refractivity contribution is -0.138. The Morgan fingerprint density at radius 1 is 1.17 bits per heavy atom. The first-order valence-corrected chi connectivity index (χ1v) is 7.28. The van der Waals surface area contributed by atoms with Gasteiger partial charge in [-0.3, -0.25) is 10.1 Å². The number of amides is 1. The minimum absolute atomic E-state index is 0.194. The summed E-state index contributed by atoms with van der Waals surface area (Å²) >= 11 is 0. The molecule has 120 valence electrons. The summed E-state index contributed by atoms with van der Waals surface area (Å²) in [4.78, 5) is 22.8. The van der Waals surface area contributed by atoms with E-state index in [0.717, 1.165) is 11.1 Å². The number of carbonyl (C=O) groups excluding carboxylic acids is 1. The molecule has 2 rings (SSSR count). The highest BCUT2D eigenvalue weighted by molar-refractivity contribution is 5.86. The number of ether oxygens (including phenoxy) is 1. The Balaban J connectivity index is 1.97. The van der Waals surface area contributed by atoms with E-state index in [-0.39, 0.29) is 6.61 Å². The molecule has 5 nitrogen and oxygen atoms in total. The lowest BCUT2D eigenvalue weighted by Crippen LogP contribution is -2.15. The summed E-state index contributed by atoms with van der Waals surface area (Å²) in [7, 11) is 0. The minimum Gasteiger partial charge on any atom is -0.481 e. The van der Waals surface area contributed by atoms with Crippen LogP contribution in [0.25, 0.3) is 0 Å². The van der Waals surface area contributed by atoms with Crippen molar-refractivity contribution in [2.24, 2.45) is 0 Å². The van der Waals surface area contributed by atoms with Crippen LogP contribution in [0.5, 0.6) is 0 Å². The van der Waals surface area contributed by atoms with E-state index in [4.69, 9.17) is 9.84 Å². The molecular weight excluding hydrogens is 294 g/mol. The van der Waals surface area contributed by atoms with Crippen LogP contribution in [0.2, 0.25) is 0 Å². The molecule has 0 saturated carbocycles. The molecule has 0 bridgehead atoms. The van der Waals surface area contributed by atoms with Crippen molar-refractivity contribution in [3.63, 3.8) is 0 Å². The van der Waals surface area contributed by atoms with Crippen molar-refractivity contribution in [2.75, 3.05) is 5.32 Å². The molecule has 0 aliphatic rings. The highest BCUT2D eigenvalue weighted by Crippen LogP contribution is 2.22. The van der Waals surface area contributed by atoms with Crippen LogP contribution >= 0.6 is 0 Å². The van der Waals surface area contributed by atoms with Gasteiger partial charge >= 0.3 is 12.1 Å². The van der Waals surface area contributed by atoms with Crippen LogP contribution in [0.3, 0.4) is 0 Å². The third kappa shape index (κ3) is 4.57. The number of hydrogen-bond acceptors (Lipinski definition) is 3. The molecule has 0 aromatic heterocycles. The van der Waals surface area contributed by atoms with Crippen LogP contribution in [0.4, 0.5) is 10.5 Å². The van der Waals surface area contributed by atoms with Gasteiger partial charge in [-0.2, -0.15) is 0 Å². The number of carbonyl (C=O) groups is 2. The van der Waals surface area contributed by atoms with E-state index >= 15 is 0 Å². The van der Waals surface area contributed by atoms with E-state index in [1.54, 1.807) is 25.1 Å². The standard InChI is InChI=1S/C18H19NO4/c1-12-10-15(13(2)17(20)21)8-9-16(12)19-18(22)23-11-14-6-4-3-5-7-14/h3-10,13H,11H2,1-2H3,(H,19,22)(H,20,21). The van der Waals surface area contributed by atoms with Crippen LogP contribution in [0.15, 0.2) is 48.5 Å². The third-order valence-electron chi connectivity index (χ3n) is 3.57. The van der Waals surface area contributed by atoms with Crippen molar-refractivity contribution < 1.29 is 19.4 Å². The summed E-state index contributed by atoms with van der Waals surface area (Å²) in [5.74, 6) is -1.47. The van der Waals surface area contributed by atoms with Crippen LogP contribution < -0.4 is 5.32 Å².